The average molecular weight is 270 g/mol. The maximum atomic E-state index is 10.4. The Hall–Kier alpha value is -0.786. The van der Waals surface area contributed by atoms with Crippen LogP contribution in [0.25, 0.3) is 11.1 Å². The van der Waals surface area contributed by atoms with E-state index in [1.807, 2.05) is 48.5 Å². The number of hydrogen-bond donors (Lipinski definition) is 0. The van der Waals surface area contributed by atoms with E-state index in [0.29, 0.717) is 5.56 Å². The zero-order valence-corrected chi connectivity index (χ0v) is 11.0. The van der Waals surface area contributed by atoms with Gasteiger partial charge in [-0.05, 0) is 5.56 Å². The van der Waals surface area contributed by atoms with Gasteiger partial charge in [0.1, 0.15) is 6.29 Å². The molecule has 1 radical (unpaired) electrons. The number of rotatable bonds is 2. The molecule has 0 spiro atoms. The van der Waals surface area contributed by atoms with E-state index in [1.54, 1.807) is 0 Å². The van der Waals surface area contributed by atoms with E-state index in [9.17, 15) is 4.79 Å². The van der Waals surface area contributed by atoms with Gasteiger partial charge in [0.05, 0.1) is 0 Å². The summed E-state index contributed by atoms with van der Waals surface area (Å²) in [6, 6.07) is 18.2. The standard InChI is InChI=1S/C13H9O.Y/c14-10-11-6-8-13(9-7-11)12-4-2-1-3-5-12;/h2-10H;/q-1;. The average Bonchev–Trinajstić information content (AvgIpc) is 2.30. The van der Waals surface area contributed by atoms with Crippen LogP contribution in [0.1, 0.15) is 10.4 Å². The Bertz CT molecular complexity index is 420. The van der Waals surface area contributed by atoms with Gasteiger partial charge >= 0.3 is 0 Å². The van der Waals surface area contributed by atoms with Gasteiger partial charge in [0.15, 0.2) is 0 Å². The normalized spacial score (nSPS) is 9.07. The molecule has 0 aliphatic rings. The second-order valence-electron chi connectivity index (χ2n) is 3.03. The second-order valence-corrected chi connectivity index (χ2v) is 3.03. The minimum Gasteiger partial charge on any atom is -0.298 e. The predicted molar refractivity (Wildman–Crippen MR) is 56.1 cm³/mol. The zero-order valence-electron chi connectivity index (χ0n) is 8.18. The molecule has 0 saturated carbocycles. The van der Waals surface area contributed by atoms with Crippen LogP contribution in [-0.4, -0.2) is 6.29 Å². The first-order valence-electron chi connectivity index (χ1n) is 4.42. The fraction of sp³-hybridized carbons (Fsp3) is 0. The van der Waals surface area contributed by atoms with E-state index in [1.165, 1.54) is 0 Å². The molecule has 0 heterocycles. The zero-order chi connectivity index (χ0) is 9.80. The van der Waals surface area contributed by atoms with Gasteiger partial charge in [-0.25, -0.2) is 0 Å². The van der Waals surface area contributed by atoms with Gasteiger partial charge in [-0.3, -0.25) is 4.79 Å². The van der Waals surface area contributed by atoms with Crippen LogP contribution in [0.15, 0.2) is 48.5 Å². The number of carbonyl (C=O) groups is 1. The van der Waals surface area contributed by atoms with Crippen LogP contribution in [0.5, 0.6) is 0 Å². The van der Waals surface area contributed by atoms with E-state index in [-0.39, 0.29) is 32.7 Å². The van der Waals surface area contributed by atoms with Crippen LogP contribution in [0.3, 0.4) is 0 Å². The van der Waals surface area contributed by atoms with Gasteiger partial charge in [-0.2, -0.15) is 30.3 Å². The molecule has 71 valence electrons. The second kappa shape index (κ2) is 5.94. The van der Waals surface area contributed by atoms with Crippen LogP contribution in [0.4, 0.5) is 0 Å². The molecule has 0 amide bonds. The van der Waals surface area contributed by atoms with Gasteiger partial charge < -0.3 is 0 Å². The summed E-state index contributed by atoms with van der Waals surface area (Å²) in [5.74, 6) is 0. The van der Waals surface area contributed by atoms with Gasteiger partial charge in [-0.15, -0.1) is 5.56 Å². The van der Waals surface area contributed by atoms with Crippen molar-refractivity contribution in [1.29, 1.82) is 0 Å². The fourth-order valence-corrected chi connectivity index (χ4v) is 1.33. The van der Waals surface area contributed by atoms with Crippen LogP contribution in [0, 0.1) is 6.07 Å². The monoisotopic (exact) mass is 270 g/mol. The molecule has 2 rings (SSSR count). The summed E-state index contributed by atoms with van der Waals surface area (Å²) in [5, 5.41) is 0. The van der Waals surface area contributed by atoms with Crippen molar-refractivity contribution in [3.05, 3.63) is 60.2 Å². The molecule has 2 aromatic rings. The fourth-order valence-electron chi connectivity index (χ4n) is 1.33. The molecule has 2 heteroatoms. The Kier molecular flexibility index (Phi) is 4.87. The molecule has 0 atom stereocenters. The molecule has 0 bridgehead atoms. The minimum atomic E-state index is 0. The summed E-state index contributed by atoms with van der Waals surface area (Å²) in [7, 11) is 0. The summed E-state index contributed by atoms with van der Waals surface area (Å²) in [6.07, 6.45) is 0.850. The summed E-state index contributed by atoms with van der Waals surface area (Å²) in [4.78, 5) is 10.4. The summed E-state index contributed by atoms with van der Waals surface area (Å²) in [6.45, 7) is 0. The largest absolute Gasteiger partial charge is 0.298 e. The number of benzene rings is 2. The van der Waals surface area contributed by atoms with Crippen molar-refractivity contribution >= 4 is 6.29 Å². The first kappa shape index (κ1) is 12.3. The molecular weight excluding hydrogens is 261 g/mol. The predicted octanol–water partition coefficient (Wildman–Crippen LogP) is 2.96. The van der Waals surface area contributed by atoms with Crippen molar-refractivity contribution in [2.24, 2.45) is 0 Å². The van der Waals surface area contributed by atoms with Crippen LogP contribution in [0.2, 0.25) is 0 Å². The van der Waals surface area contributed by atoms with Gasteiger partial charge in [0.2, 0.25) is 0 Å². The van der Waals surface area contributed by atoms with E-state index >= 15 is 0 Å². The smallest absolute Gasteiger partial charge is 0.150 e. The maximum Gasteiger partial charge on any atom is 0.150 e. The molecule has 0 N–H and O–H groups in total. The summed E-state index contributed by atoms with van der Waals surface area (Å²) < 4.78 is 0. The summed E-state index contributed by atoms with van der Waals surface area (Å²) in [5.41, 5.74) is 2.96. The van der Waals surface area contributed by atoms with Crippen molar-refractivity contribution < 1.29 is 37.5 Å². The Morgan fingerprint density at radius 3 is 1.93 bits per heavy atom. The van der Waals surface area contributed by atoms with Gasteiger partial charge in [0, 0.05) is 38.3 Å². The molecule has 1 nitrogen and oxygen atoms in total. The molecule has 0 aromatic heterocycles. The Labute approximate surface area is 114 Å². The first-order chi connectivity index (χ1) is 6.90. The van der Waals surface area contributed by atoms with Crippen molar-refractivity contribution in [1.82, 2.24) is 0 Å². The molecule has 0 saturated heterocycles. The first-order valence-corrected chi connectivity index (χ1v) is 4.42. The Morgan fingerprint density at radius 2 is 1.40 bits per heavy atom. The topological polar surface area (TPSA) is 17.1 Å². The van der Waals surface area contributed by atoms with E-state index < -0.39 is 0 Å². The van der Waals surface area contributed by atoms with Crippen LogP contribution < -0.4 is 0 Å². The quantitative estimate of drug-likeness (QED) is 0.605. The van der Waals surface area contributed by atoms with Crippen molar-refractivity contribution in [2.75, 3.05) is 0 Å². The third-order valence-corrected chi connectivity index (χ3v) is 2.10. The minimum absolute atomic E-state index is 0. The molecular formula is C13H9OY-. The summed E-state index contributed by atoms with van der Waals surface area (Å²) >= 11 is 0. The molecule has 0 aliphatic carbocycles. The third kappa shape index (κ3) is 3.08. The van der Waals surface area contributed by atoms with Crippen LogP contribution >= 0.6 is 0 Å². The van der Waals surface area contributed by atoms with E-state index in [4.69, 9.17) is 0 Å². The number of hydrogen-bond acceptors (Lipinski definition) is 1. The van der Waals surface area contributed by atoms with Crippen molar-refractivity contribution in [2.45, 2.75) is 0 Å². The number of aldehydes is 1. The molecule has 2 aromatic carbocycles. The SMILES string of the molecule is O=Cc1ccc(-c2cc[c-]cc2)cc1.[Y]. The van der Waals surface area contributed by atoms with Gasteiger partial charge in [-0.1, -0.05) is 24.3 Å². The third-order valence-electron chi connectivity index (χ3n) is 2.10. The van der Waals surface area contributed by atoms with Crippen LogP contribution in [-0.2, 0) is 32.7 Å². The van der Waals surface area contributed by atoms with E-state index in [2.05, 4.69) is 6.07 Å². The Balaban J connectivity index is 0.00000112. The maximum absolute atomic E-state index is 10.4. The van der Waals surface area contributed by atoms with E-state index in [0.717, 1.165) is 17.4 Å². The Morgan fingerprint density at radius 1 is 0.867 bits per heavy atom. The molecule has 0 aliphatic heterocycles. The number of carbonyl (C=O) groups excluding carboxylic acids is 1. The van der Waals surface area contributed by atoms with Crippen molar-refractivity contribution in [3.8, 4) is 11.1 Å². The van der Waals surface area contributed by atoms with Gasteiger partial charge in [0.25, 0.3) is 0 Å². The molecule has 15 heavy (non-hydrogen) atoms. The molecule has 0 fully saturated rings. The van der Waals surface area contributed by atoms with Crippen molar-refractivity contribution in [3.63, 3.8) is 0 Å². The molecule has 0 unspecified atom stereocenters.